The number of aliphatic carboxylic acids is 1. The van der Waals surface area contributed by atoms with Crippen LogP contribution in [-0.2, 0) is 17.6 Å². The summed E-state index contributed by atoms with van der Waals surface area (Å²) in [7, 11) is 0. The van der Waals surface area contributed by atoms with Crippen LogP contribution in [0.4, 0.5) is 29.3 Å². The number of urea groups is 1. The molecular weight excluding hydrogens is 525 g/mol. The van der Waals surface area contributed by atoms with Crippen LogP contribution in [0.1, 0.15) is 16.7 Å². The highest BCUT2D eigenvalue weighted by Crippen LogP contribution is 2.30. The highest BCUT2D eigenvalue weighted by atomic mass is 32.2. The van der Waals surface area contributed by atoms with E-state index in [0.29, 0.717) is 17.7 Å². The van der Waals surface area contributed by atoms with Gasteiger partial charge in [0.05, 0.1) is 12.1 Å². The van der Waals surface area contributed by atoms with Crippen LogP contribution in [0.25, 0.3) is 0 Å². The second-order valence-electron chi connectivity index (χ2n) is 8.79. The molecule has 0 aliphatic heterocycles. The van der Waals surface area contributed by atoms with Crippen molar-refractivity contribution in [1.29, 1.82) is 0 Å². The van der Waals surface area contributed by atoms with Gasteiger partial charge in [0.25, 0.3) is 0 Å². The van der Waals surface area contributed by atoms with E-state index in [1.54, 1.807) is 24.3 Å². The SMILES string of the molecule is Cc1c(F)cc(NC(=O)N(CCc2ccccc2)c2ccc(Sc3ccc(CC(=O)O)cc3)cc2)c(F)c1F. The van der Waals surface area contributed by atoms with Crippen LogP contribution in [0, 0.1) is 24.4 Å². The molecule has 2 N–H and O–H groups in total. The minimum absolute atomic E-state index is 0.0493. The van der Waals surface area contributed by atoms with Crippen LogP contribution >= 0.6 is 11.8 Å². The minimum Gasteiger partial charge on any atom is -0.481 e. The second kappa shape index (κ2) is 12.5. The minimum atomic E-state index is -1.35. The van der Waals surface area contributed by atoms with Crippen molar-refractivity contribution in [3.8, 4) is 0 Å². The Balaban J connectivity index is 1.54. The number of nitrogens with zero attached hydrogens (tertiary/aromatic N) is 1. The number of carbonyl (C=O) groups excluding carboxylic acids is 1. The Bertz CT molecular complexity index is 1460. The van der Waals surface area contributed by atoms with E-state index in [9.17, 15) is 22.8 Å². The van der Waals surface area contributed by atoms with E-state index in [-0.39, 0.29) is 13.0 Å². The van der Waals surface area contributed by atoms with Crippen molar-refractivity contribution in [2.24, 2.45) is 0 Å². The number of anilines is 2. The van der Waals surface area contributed by atoms with Gasteiger partial charge in [-0.2, -0.15) is 0 Å². The van der Waals surface area contributed by atoms with Crippen LogP contribution in [0.5, 0.6) is 0 Å². The molecule has 39 heavy (non-hydrogen) atoms. The van der Waals surface area contributed by atoms with Gasteiger partial charge in [0, 0.05) is 33.7 Å². The average molecular weight is 551 g/mol. The highest BCUT2D eigenvalue weighted by molar-refractivity contribution is 7.99. The van der Waals surface area contributed by atoms with Gasteiger partial charge in [0.1, 0.15) is 5.82 Å². The van der Waals surface area contributed by atoms with Crippen LogP contribution in [0.15, 0.2) is 94.7 Å². The maximum atomic E-state index is 14.5. The molecule has 0 aromatic heterocycles. The number of carbonyl (C=O) groups is 2. The molecule has 0 saturated carbocycles. The van der Waals surface area contributed by atoms with Gasteiger partial charge in [-0.05, 0) is 60.9 Å². The number of hydrogen-bond acceptors (Lipinski definition) is 3. The molecular formula is C30H25F3N2O3S. The molecule has 0 aliphatic rings. The number of benzene rings is 4. The predicted octanol–water partition coefficient (Wildman–Crippen LogP) is 7.47. The highest BCUT2D eigenvalue weighted by Gasteiger charge is 2.21. The molecule has 0 saturated heterocycles. The van der Waals surface area contributed by atoms with Gasteiger partial charge in [0.2, 0.25) is 0 Å². The fraction of sp³-hybridized carbons (Fsp3) is 0.133. The molecule has 4 aromatic carbocycles. The number of rotatable bonds is 9. The summed E-state index contributed by atoms with van der Waals surface area (Å²) in [4.78, 5) is 27.3. The lowest BCUT2D eigenvalue weighted by Gasteiger charge is -2.24. The van der Waals surface area contributed by atoms with Crippen molar-refractivity contribution in [2.45, 2.75) is 29.6 Å². The largest absolute Gasteiger partial charge is 0.481 e. The van der Waals surface area contributed by atoms with Crippen molar-refractivity contribution >= 4 is 35.1 Å². The fourth-order valence-corrected chi connectivity index (χ4v) is 4.69. The third-order valence-electron chi connectivity index (χ3n) is 6.00. The number of carboxylic acids is 1. The molecule has 0 bridgehead atoms. The molecule has 0 atom stereocenters. The summed E-state index contributed by atoms with van der Waals surface area (Å²) in [5.74, 6) is -4.53. The average Bonchev–Trinajstić information content (AvgIpc) is 2.93. The van der Waals surface area contributed by atoms with Crippen molar-refractivity contribution in [1.82, 2.24) is 0 Å². The zero-order chi connectivity index (χ0) is 27.9. The molecule has 9 heteroatoms. The van der Waals surface area contributed by atoms with Crippen molar-refractivity contribution in [3.05, 3.63) is 119 Å². The van der Waals surface area contributed by atoms with Gasteiger partial charge in [-0.15, -0.1) is 0 Å². The Morgan fingerprint density at radius 1 is 0.846 bits per heavy atom. The number of amides is 2. The maximum absolute atomic E-state index is 14.5. The smallest absolute Gasteiger partial charge is 0.326 e. The molecule has 0 fully saturated rings. The van der Waals surface area contributed by atoms with Gasteiger partial charge >= 0.3 is 12.0 Å². The predicted molar refractivity (Wildman–Crippen MR) is 146 cm³/mol. The van der Waals surface area contributed by atoms with E-state index in [0.717, 1.165) is 28.3 Å². The number of halogens is 3. The topological polar surface area (TPSA) is 69.6 Å². The van der Waals surface area contributed by atoms with Crippen LogP contribution in [-0.4, -0.2) is 23.7 Å². The Kier molecular flexibility index (Phi) is 8.93. The summed E-state index contributed by atoms with van der Waals surface area (Å²) >= 11 is 1.46. The zero-order valence-corrected chi connectivity index (χ0v) is 21.8. The molecule has 2 amide bonds. The molecule has 4 aromatic rings. The van der Waals surface area contributed by atoms with Gasteiger partial charge < -0.3 is 10.4 Å². The summed E-state index contributed by atoms with van der Waals surface area (Å²) in [6.07, 6.45) is 0.443. The van der Waals surface area contributed by atoms with Gasteiger partial charge in [-0.25, -0.2) is 18.0 Å². The summed E-state index contributed by atoms with van der Waals surface area (Å²) < 4.78 is 42.6. The number of carboxylic acid groups (broad SMARTS) is 1. The Labute approximate surface area is 228 Å². The van der Waals surface area contributed by atoms with Crippen molar-refractivity contribution < 1.29 is 27.9 Å². The van der Waals surface area contributed by atoms with E-state index < -0.39 is 40.7 Å². The quantitative estimate of drug-likeness (QED) is 0.212. The van der Waals surface area contributed by atoms with E-state index in [1.165, 1.54) is 16.7 Å². The molecule has 200 valence electrons. The summed E-state index contributed by atoms with van der Waals surface area (Å²) in [5.41, 5.74) is 1.15. The molecule has 0 spiro atoms. The monoisotopic (exact) mass is 550 g/mol. The Hall–Kier alpha value is -4.24. The Morgan fingerprint density at radius 3 is 2.08 bits per heavy atom. The van der Waals surface area contributed by atoms with Gasteiger partial charge in [-0.3, -0.25) is 9.69 Å². The molecule has 0 radical (unpaired) electrons. The fourth-order valence-electron chi connectivity index (χ4n) is 3.87. The van der Waals surface area contributed by atoms with Crippen molar-refractivity contribution in [2.75, 3.05) is 16.8 Å². The van der Waals surface area contributed by atoms with E-state index in [1.807, 2.05) is 54.6 Å². The van der Waals surface area contributed by atoms with E-state index in [4.69, 9.17) is 5.11 Å². The summed E-state index contributed by atoms with van der Waals surface area (Å²) in [6.45, 7) is 1.35. The standard InChI is InChI=1S/C30H25F3N2O3S/c1-19-25(31)18-26(29(33)28(19)32)34-30(38)35(16-15-20-5-3-2-4-6-20)22-9-13-24(14-10-22)39-23-11-7-21(8-12-23)17-27(36)37/h2-14,18H,15-17H2,1H3,(H,34,38)(H,36,37). The number of nitrogens with one attached hydrogen (secondary N) is 1. The summed E-state index contributed by atoms with van der Waals surface area (Å²) in [5, 5.41) is 11.2. The zero-order valence-electron chi connectivity index (χ0n) is 21.0. The van der Waals surface area contributed by atoms with Crippen LogP contribution in [0.3, 0.4) is 0 Å². The van der Waals surface area contributed by atoms with Crippen LogP contribution < -0.4 is 10.2 Å². The van der Waals surface area contributed by atoms with Crippen molar-refractivity contribution in [3.63, 3.8) is 0 Å². The molecule has 4 rings (SSSR count). The molecule has 5 nitrogen and oxygen atoms in total. The summed E-state index contributed by atoms with van der Waals surface area (Å²) in [6, 6.07) is 23.8. The first-order valence-electron chi connectivity index (χ1n) is 12.1. The lowest BCUT2D eigenvalue weighted by atomic mass is 10.1. The number of hydrogen-bond donors (Lipinski definition) is 2. The molecule has 0 unspecified atom stereocenters. The van der Waals surface area contributed by atoms with Crippen LogP contribution in [0.2, 0.25) is 0 Å². The van der Waals surface area contributed by atoms with E-state index >= 15 is 0 Å². The lowest BCUT2D eigenvalue weighted by molar-refractivity contribution is -0.136. The van der Waals surface area contributed by atoms with Gasteiger partial charge in [0.15, 0.2) is 11.6 Å². The maximum Gasteiger partial charge on any atom is 0.326 e. The normalized spacial score (nSPS) is 10.8. The Morgan fingerprint density at radius 2 is 1.46 bits per heavy atom. The molecule has 0 heterocycles. The lowest BCUT2D eigenvalue weighted by Crippen LogP contribution is -2.37. The first-order chi connectivity index (χ1) is 18.7. The third kappa shape index (κ3) is 7.20. The third-order valence-corrected chi connectivity index (χ3v) is 7.02. The van der Waals surface area contributed by atoms with E-state index in [2.05, 4.69) is 5.32 Å². The molecule has 0 aliphatic carbocycles. The first-order valence-corrected chi connectivity index (χ1v) is 12.9. The van der Waals surface area contributed by atoms with Gasteiger partial charge in [-0.1, -0.05) is 54.2 Å². The first kappa shape index (κ1) is 27.8. The second-order valence-corrected chi connectivity index (χ2v) is 9.93.